The van der Waals surface area contributed by atoms with Gasteiger partial charge in [0.05, 0.1) is 6.54 Å². The molecule has 1 aromatic heterocycles. The fourth-order valence-electron chi connectivity index (χ4n) is 0.837. The van der Waals surface area contributed by atoms with Gasteiger partial charge in [-0.05, 0) is 0 Å². The Labute approximate surface area is 88.0 Å². The van der Waals surface area contributed by atoms with Crippen LogP contribution in [0.4, 0.5) is 17.6 Å². The molecule has 0 bridgehead atoms. The number of nitrogens with zero attached hydrogens (tertiary/aromatic N) is 2. The minimum Gasteiger partial charge on any atom is -0.367 e. The van der Waals surface area contributed by atoms with E-state index in [9.17, 15) is 17.6 Å². The molecule has 0 aliphatic rings. The number of hydrogen-bond acceptors (Lipinski definition) is 4. The second-order valence-electron chi connectivity index (χ2n) is 2.96. The molecule has 0 atom stereocenters. The highest BCUT2D eigenvalue weighted by atomic mass is 19.3. The summed E-state index contributed by atoms with van der Waals surface area (Å²) in [6, 6.07) is 0. The van der Waals surface area contributed by atoms with Crippen molar-refractivity contribution in [2.75, 3.05) is 6.61 Å². The van der Waals surface area contributed by atoms with Crippen molar-refractivity contribution in [2.24, 2.45) is 5.73 Å². The van der Waals surface area contributed by atoms with Crippen LogP contribution in [0.25, 0.3) is 0 Å². The van der Waals surface area contributed by atoms with Crippen LogP contribution in [0.1, 0.15) is 11.6 Å². The van der Waals surface area contributed by atoms with E-state index in [1.165, 1.54) is 0 Å². The average molecular weight is 242 g/mol. The Morgan fingerprint density at radius 3 is 2.62 bits per heavy atom. The number of halogens is 4. The first-order valence-electron chi connectivity index (χ1n) is 4.29. The van der Waals surface area contributed by atoms with Crippen molar-refractivity contribution >= 4 is 0 Å². The molecule has 0 spiro atoms. The molecule has 0 fully saturated rings. The maximum absolute atomic E-state index is 12.4. The maximum atomic E-state index is 12.4. The first-order chi connectivity index (χ1) is 7.45. The van der Waals surface area contributed by atoms with Crippen molar-refractivity contribution in [2.45, 2.75) is 25.5 Å². The summed E-state index contributed by atoms with van der Waals surface area (Å²) in [5.74, 6) is -3.71. The largest absolute Gasteiger partial charge is 0.367 e. The number of nitrogens with two attached hydrogens (primary N) is 1. The fourth-order valence-corrected chi connectivity index (χ4v) is 0.837. The number of rotatable bonds is 6. The molecule has 5 nitrogen and oxygen atoms in total. The molecule has 0 aliphatic heterocycles. The van der Waals surface area contributed by atoms with Crippen LogP contribution >= 0.6 is 0 Å². The van der Waals surface area contributed by atoms with Crippen molar-refractivity contribution < 1.29 is 22.3 Å². The summed E-state index contributed by atoms with van der Waals surface area (Å²) in [7, 11) is 0. The van der Waals surface area contributed by atoms with Gasteiger partial charge in [0.1, 0.15) is 13.2 Å². The number of alkyl halides is 4. The van der Waals surface area contributed by atoms with E-state index in [2.05, 4.69) is 19.9 Å². The Balaban J connectivity index is 2.35. The van der Waals surface area contributed by atoms with Gasteiger partial charge in [-0.2, -0.15) is 13.9 Å². The lowest BCUT2D eigenvalue weighted by Gasteiger charge is -2.14. The monoisotopic (exact) mass is 242 g/mol. The predicted molar refractivity (Wildman–Crippen MR) is 44.9 cm³/mol. The number of hydrogen-bond donors (Lipinski definition) is 2. The fraction of sp³-hybridized carbons (Fsp3) is 0.714. The standard InChI is InChI=1S/C7H10F4N4O/c8-6(9)7(10,11)3-16-2-5-13-4(1-12)14-15-5/h6H,1-3,12H2,(H,13,14,15). The van der Waals surface area contributed by atoms with Crippen LogP contribution in [-0.2, 0) is 17.9 Å². The molecule has 1 rings (SSSR count). The lowest BCUT2D eigenvalue weighted by Crippen LogP contribution is -2.32. The zero-order chi connectivity index (χ0) is 12.2. The maximum Gasteiger partial charge on any atom is 0.330 e. The molecule has 92 valence electrons. The van der Waals surface area contributed by atoms with Gasteiger partial charge < -0.3 is 10.5 Å². The molecule has 1 aromatic rings. The van der Waals surface area contributed by atoms with Crippen LogP contribution in [0.15, 0.2) is 0 Å². The minimum absolute atomic E-state index is 0.0870. The SMILES string of the molecule is NCc1n[nH]c(COCC(F)(F)C(F)F)n1. The van der Waals surface area contributed by atoms with Crippen molar-refractivity contribution in [1.29, 1.82) is 0 Å². The molecule has 1 heterocycles. The molecule has 9 heteroatoms. The Morgan fingerprint density at radius 1 is 1.44 bits per heavy atom. The molecular weight excluding hydrogens is 232 g/mol. The highest BCUT2D eigenvalue weighted by Crippen LogP contribution is 2.23. The van der Waals surface area contributed by atoms with Crippen molar-refractivity contribution in [3.05, 3.63) is 11.6 Å². The van der Waals surface area contributed by atoms with E-state index in [0.717, 1.165) is 0 Å². The topological polar surface area (TPSA) is 76.8 Å². The summed E-state index contributed by atoms with van der Waals surface area (Å²) in [4.78, 5) is 3.74. The lowest BCUT2D eigenvalue weighted by atomic mass is 10.4. The zero-order valence-corrected chi connectivity index (χ0v) is 8.09. The first kappa shape index (κ1) is 12.8. The van der Waals surface area contributed by atoms with Gasteiger partial charge in [0.2, 0.25) is 0 Å². The summed E-state index contributed by atoms with van der Waals surface area (Å²) in [6.07, 6.45) is -3.75. The van der Waals surface area contributed by atoms with Crippen LogP contribution in [0.2, 0.25) is 0 Å². The number of aromatic amines is 1. The molecule has 0 aromatic carbocycles. The molecule has 16 heavy (non-hydrogen) atoms. The summed E-state index contributed by atoms with van der Waals surface area (Å²) >= 11 is 0. The molecule has 0 unspecified atom stereocenters. The number of ether oxygens (including phenoxy) is 1. The molecule has 3 N–H and O–H groups in total. The molecule has 0 saturated carbocycles. The lowest BCUT2D eigenvalue weighted by molar-refractivity contribution is -0.168. The third-order valence-electron chi connectivity index (χ3n) is 1.61. The Kier molecular flexibility index (Phi) is 4.19. The van der Waals surface area contributed by atoms with E-state index in [1.54, 1.807) is 0 Å². The van der Waals surface area contributed by atoms with E-state index in [1.807, 2.05) is 0 Å². The second kappa shape index (κ2) is 5.21. The number of H-pyrrole nitrogens is 1. The smallest absolute Gasteiger partial charge is 0.330 e. The van der Waals surface area contributed by atoms with Crippen LogP contribution in [0.3, 0.4) is 0 Å². The predicted octanol–water partition coefficient (Wildman–Crippen LogP) is 0.680. The van der Waals surface area contributed by atoms with Gasteiger partial charge in [-0.3, -0.25) is 5.10 Å². The summed E-state index contributed by atoms with van der Waals surface area (Å²) < 4.78 is 52.6. The van der Waals surface area contributed by atoms with Gasteiger partial charge in [0.25, 0.3) is 0 Å². The van der Waals surface area contributed by atoms with Crippen molar-refractivity contribution in [3.63, 3.8) is 0 Å². The zero-order valence-electron chi connectivity index (χ0n) is 8.09. The van der Waals surface area contributed by atoms with Crippen LogP contribution in [-0.4, -0.2) is 34.1 Å². The van der Waals surface area contributed by atoms with Crippen molar-refractivity contribution in [3.8, 4) is 0 Å². The summed E-state index contributed by atoms with van der Waals surface area (Å²) in [5, 5.41) is 5.98. The average Bonchev–Trinajstić information content (AvgIpc) is 2.65. The van der Waals surface area contributed by atoms with E-state index in [0.29, 0.717) is 5.82 Å². The van der Waals surface area contributed by atoms with Crippen LogP contribution < -0.4 is 5.73 Å². The van der Waals surface area contributed by atoms with E-state index in [-0.39, 0.29) is 19.0 Å². The Morgan fingerprint density at radius 2 is 2.12 bits per heavy atom. The number of aromatic nitrogens is 3. The molecule has 0 aliphatic carbocycles. The second-order valence-corrected chi connectivity index (χ2v) is 2.96. The first-order valence-corrected chi connectivity index (χ1v) is 4.29. The van der Waals surface area contributed by atoms with Gasteiger partial charge in [0, 0.05) is 0 Å². The highest BCUT2D eigenvalue weighted by molar-refractivity contribution is 4.87. The molecule has 0 saturated heterocycles. The van der Waals surface area contributed by atoms with Gasteiger partial charge in [-0.1, -0.05) is 0 Å². The highest BCUT2D eigenvalue weighted by Gasteiger charge is 2.40. The van der Waals surface area contributed by atoms with Gasteiger partial charge >= 0.3 is 12.3 Å². The van der Waals surface area contributed by atoms with E-state index in [4.69, 9.17) is 5.73 Å². The van der Waals surface area contributed by atoms with Crippen molar-refractivity contribution in [1.82, 2.24) is 15.2 Å². The minimum atomic E-state index is -4.16. The quantitative estimate of drug-likeness (QED) is 0.719. The number of nitrogens with one attached hydrogen (secondary N) is 1. The molecular formula is C7H10F4N4O. The van der Waals surface area contributed by atoms with E-state index >= 15 is 0 Å². The Hall–Kier alpha value is -1.22. The van der Waals surface area contributed by atoms with Gasteiger partial charge in [-0.15, -0.1) is 0 Å². The van der Waals surface area contributed by atoms with Gasteiger partial charge in [-0.25, -0.2) is 13.8 Å². The van der Waals surface area contributed by atoms with Crippen LogP contribution in [0.5, 0.6) is 0 Å². The third kappa shape index (κ3) is 3.42. The normalized spacial score (nSPS) is 12.4. The summed E-state index contributed by atoms with van der Waals surface area (Å²) in [6.45, 7) is -1.64. The summed E-state index contributed by atoms with van der Waals surface area (Å²) in [5.41, 5.74) is 5.20. The molecule has 0 radical (unpaired) electrons. The van der Waals surface area contributed by atoms with Crippen LogP contribution in [0, 0.1) is 0 Å². The van der Waals surface area contributed by atoms with Gasteiger partial charge in [0.15, 0.2) is 11.6 Å². The third-order valence-corrected chi connectivity index (χ3v) is 1.61. The Bertz CT molecular complexity index is 330. The van der Waals surface area contributed by atoms with E-state index < -0.39 is 19.0 Å². The molecule has 0 amide bonds.